The summed E-state index contributed by atoms with van der Waals surface area (Å²) in [6.45, 7) is 7.89. The first-order chi connectivity index (χ1) is 8.61. The van der Waals surface area contributed by atoms with Crippen LogP contribution in [-0.2, 0) is 0 Å². The van der Waals surface area contributed by atoms with Gasteiger partial charge in [0.2, 0.25) is 0 Å². The molecule has 2 heterocycles. The summed E-state index contributed by atoms with van der Waals surface area (Å²) < 4.78 is 1.87. The predicted octanol–water partition coefficient (Wildman–Crippen LogP) is 1.86. The fraction of sp³-hybridized carbons (Fsp3) is 0.538. The van der Waals surface area contributed by atoms with E-state index in [1.54, 1.807) is 6.20 Å². The van der Waals surface area contributed by atoms with E-state index in [0.717, 1.165) is 23.6 Å². The smallest absolute Gasteiger partial charge is 0.152 e. The highest BCUT2D eigenvalue weighted by Crippen LogP contribution is 2.19. The van der Waals surface area contributed by atoms with Gasteiger partial charge in [0, 0.05) is 18.9 Å². The maximum absolute atomic E-state index is 5.61. The Balaban J connectivity index is 2.27. The second kappa shape index (κ2) is 5.35. The molecule has 0 radical (unpaired) electrons. The Morgan fingerprint density at radius 3 is 2.83 bits per heavy atom. The Kier molecular flexibility index (Phi) is 3.81. The molecule has 0 amide bonds. The molecule has 2 aromatic rings. The summed E-state index contributed by atoms with van der Waals surface area (Å²) in [5, 5.41) is 7.87. The van der Waals surface area contributed by atoms with Crippen molar-refractivity contribution in [3.8, 4) is 0 Å². The van der Waals surface area contributed by atoms with Gasteiger partial charge in [0.1, 0.15) is 5.52 Å². The first kappa shape index (κ1) is 12.8. The van der Waals surface area contributed by atoms with Gasteiger partial charge in [-0.3, -0.25) is 0 Å². The van der Waals surface area contributed by atoms with Crippen LogP contribution in [0.2, 0.25) is 0 Å². The van der Waals surface area contributed by atoms with E-state index in [2.05, 4.69) is 42.2 Å². The molecule has 2 rings (SSSR count). The van der Waals surface area contributed by atoms with Crippen LogP contribution in [0.25, 0.3) is 5.52 Å². The quantitative estimate of drug-likeness (QED) is 0.846. The SMILES string of the molecule is CC(CN)CNc1nccn2nc(C(C)C)cc12. The van der Waals surface area contributed by atoms with Crippen LogP contribution in [-0.4, -0.2) is 27.7 Å². The van der Waals surface area contributed by atoms with Gasteiger partial charge in [0.15, 0.2) is 5.82 Å². The Labute approximate surface area is 107 Å². The average molecular weight is 247 g/mol. The zero-order valence-electron chi connectivity index (χ0n) is 11.2. The van der Waals surface area contributed by atoms with Crippen LogP contribution in [0.4, 0.5) is 5.82 Å². The van der Waals surface area contributed by atoms with Crippen molar-refractivity contribution in [2.45, 2.75) is 26.7 Å². The summed E-state index contributed by atoms with van der Waals surface area (Å²) in [4.78, 5) is 4.37. The van der Waals surface area contributed by atoms with Gasteiger partial charge < -0.3 is 11.1 Å². The summed E-state index contributed by atoms with van der Waals surface area (Å²) in [6.07, 6.45) is 3.64. The molecule has 0 fully saturated rings. The summed E-state index contributed by atoms with van der Waals surface area (Å²) in [5.41, 5.74) is 7.72. The molecule has 1 atom stereocenters. The molecule has 3 N–H and O–H groups in total. The lowest BCUT2D eigenvalue weighted by atomic mass is 10.1. The Hall–Kier alpha value is -1.62. The largest absolute Gasteiger partial charge is 0.368 e. The van der Waals surface area contributed by atoms with E-state index >= 15 is 0 Å². The molecule has 0 aliphatic carbocycles. The maximum atomic E-state index is 5.61. The first-order valence-electron chi connectivity index (χ1n) is 6.40. The average Bonchev–Trinajstić information content (AvgIpc) is 2.80. The van der Waals surface area contributed by atoms with Crippen LogP contribution >= 0.6 is 0 Å². The lowest BCUT2D eigenvalue weighted by molar-refractivity contribution is 0.627. The number of aromatic nitrogens is 3. The monoisotopic (exact) mass is 247 g/mol. The van der Waals surface area contributed by atoms with Gasteiger partial charge in [-0.2, -0.15) is 5.10 Å². The van der Waals surface area contributed by atoms with Gasteiger partial charge in [0.05, 0.1) is 5.69 Å². The van der Waals surface area contributed by atoms with Crippen molar-refractivity contribution >= 4 is 11.3 Å². The Morgan fingerprint density at radius 1 is 1.39 bits per heavy atom. The van der Waals surface area contributed by atoms with E-state index in [0.29, 0.717) is 18.4 Å². The van der Waals surface area contributed by atoms with Crippen molar-refractivity contribution < 1.29 is 0 Å². The van der Waals surface area contributed by atoms with Crippen molar-refractivity contribution in [2.24, 2.45) is 11.7 Å². The van der Waals surface area contributed by atoms with E-state index in [9.17, 15) is 0 Å². The fourth-order valence-corrected chi connectivity index (χ4v) is 1.71. The number of hydrogen-bond donors (Lipinski definition) is 2. The van der Waals surface area contributed by atoms with Gasteiger partial charge in [-0.25, -0.2) is 9.50 Å². The van der Waals surface area contributed by atoms with Crippen LogP contribution < -0.4 is 11.1 Å². The van der Waals surface area contributed by atoms with Crippen LogP contribution in [0.15, 0.2) is 18.5 Å². The van der Waals surface area contributed by atoms with Gasteiger partial charge in [-0.05, 0) is 24.4 Å². The molecule has 1 unspecified atom stereocenters. The molecule has 18 heavy (non-hydrogen) atoms. The number of hydrogen-bond acceptors (Lipinski definition) is 4. The fourth-order valence-electron chi connectivity index (χ4n) is 1.71. The number of nitrogens with one attached hydrogen (secondary N) is 1. The van der Waals surface area contributed by atoms with Crippen molar-refractivity contribution in [3.05, 3.63) is 24.2 Å². The third kappa shape index (κ3) is 2.61. The van der Waals surface area contributed by atoms with Gasteiger partial charge >= 0.3 is 0 Å². The molecule has 0 saturated carbocycles. The van der Waals surface area contributed by atoms with Crippen LogP contribution in [0.3, 0.4) is 0 Å². The summed E-state index contributed by atoms with van der Waals surface area (Å²) >= 11 is 0. The predicted molar refractivity (Wildman–Crippen MR) is 73.8 cm³/mol. The molecule has 0 spiro atoms. The summed E-state index contributed by atoms with van der Waals surface area (Å²) in [6, 6.07) is 2.09. The molecule has 5 nitrogen and oxygen atoms in total. The lowest BCUT2D eigenvalue weighted by Gasteiger charge is -2.10. The molecule has 0 saturated heterocycles. The lowest BCUT2D eigenvalue weighted by Crippen LogP contribution is -2.20. The highest BCUT2D eigenvalue weighted by Gasteiger charge is 2.10. The Morgan fingerprint density at radius 2 is 2.17 bits per heavy atom. The van der Waals surface area contributed by atoms with Crippen LogP contribution in [0.1, 0.15) is 32.4 Å². The third-order valence-corrected chi connectivity index (χ3v) is 3.02. The van der Waals surface area contributed by atoms with Crippen molar-refractivity contribution in [1.82, 2.24) is 14.6 Å². The molecule has 98 valence electrons. The molecule has 5 heteroatoms. The highest BCUT2D eigenvalue weighted by atomic mass is 15.2. The van der Waals surface area contributed by atoms with Gasteiger partial charge in [0.25, 0.3) is 0 Å². The second-order valence-electron chi connectivity index (χ2n) is 5.05. The van der Waals surface area contributed by atoms with Crippen molar-refractivity contribution in [1.29, 1.82) is 0 Å². The zero-order chi connectivity index (χ0) is 13.1. The van der Waals surface area contributed by atoms with E-state index in [1.807, 2.05) is 10.7 Å². The molecule has 0 aromatic carbocycles. The van der Waals surface area contributed by atoms with E-state index in [4.69, 9.17) is 5.73 Å². The van der Waals surface area contributed by atoms with Crippen LogP contribution in [0, 0.1) is 5.92 Å². The number of anilines is 1. The molecule has 0 aliphatic rings. The van der Waals surface area contributed by atoms with Crippen molar-refractivity contribution in [3.63, 3.8) is 0 Å². The Bertz CT molecular complexity index is 517. The minimum absolute atomic E-state index is 0.417. The molecule has 2 aromatic heterocycles. The van der Waals surface area contributed by atoms with Crippen molar-refractivity contribution in [2.75, 3.05) is 18.4 Å². The molecular formula is C13H21N5. The molecule has 0 aliphatic heterocycles. The molecule has 0 bridgehead atoms. The summed E-state index contributed by atoms with van der Waals surface area (Å²) in [5.74, 6) is 1.72. The van der Waals surface area contributed by atoms with Crippen LogP contribution in [0.5, 0.6) is 0 Å². The number of fused-ring (bicyclic) bond motifs is 1. The number of nitrogens with two attached hydrogens (primary N) is 1. The molecular weight excluding hydrogens is 226 g/mol. The van der Waals surface area contributed by atoms with E-state index < -0.39 is 0 Å². The second-order valence-corrected chi connectivity index (χ2v) is 5.05. The standard InChI is InChI=1S/C13H21N5/c1-9(2)11-6-12-13(16-8-10(3)7-14)15-4-5-18(12)17-11/h4-6,9-10H,7-8,14H2,1-3H3,(H,15,16). The minimum Gasteiger partial charge on any atom is -0.368 e. The minimum atomic E-state index is 0.417. The third-order valence-electron chi connectivity index (χ3n) is 3.02. The maximum Gasteiger partial charge on any atom is 0.152 e. The zero-order valence-corrected chi connectivity index (χ0v) is 11.2. The van der Waals surface area contributed by atoms with E-state index in [-0.39, 0.29) is 0 Å². The topological polar surface area (TPSA) is 68.2 Å². The number of rotatable bonds is 5. The normalized spacial score (nSPS) is 13.2. The van der Waals surface area contributed by atoms with E-state index in [1.165, 1.54) is 0 Å². The van der Waals surface area contributed by atoms with Gasteiger partial charge in [-0.1, -0.05) is 20.8 Å². The van der Waals surface area contributed by atoms with Gasteiger partial charge in [-0.15, -0.1) is 0 Å². The number of nitrogens with zero attached hydrogens (tertiary/aromatic N) is 3. The first-order valence-corrected chi connectivity index (χ1v) is 6.40. The summed E-state index contributed by atoms with van der Waals surface area (Å²) in [7, 11) is 0. The highest BCUT2D eigenvalue weighted by molar-refractivity contribution is 5.67.